The van der Waals surface area contributed by atoms with Gasteiger partial charge in [0.15, 0.2) is 0 Å². The Labute approximate surface area is 187 Å². The van der Waals surface area contributed by atoms with Crippen LogP contribution in [0.1, 0.15) is 70.4 Å². The molecule has 1 atom stereocenters. The van der Waals surface area contributed by atoms with Crippen LogP contribution in [0.3, 0.4) is 0 Å². The third-order valence-corrected chi connectivity index (χ3v) is 6.92. The fourth-order valence-corrected chi connectivity index (χ4v) is 5.02. The average Bonchev–Trinajstić information content (AvgIpc) is 3.46. The van der Waals surface area contributed by atoms with Crippen molar-refractivity contribution in [3.05, 3.63) is 70.6 Å². The van der Waals surface area contributed by atoms with E-state index in [1.807, 2.05) is 0 Å². The monoisotopic (exact) mass is 419 g/mol. The van der Waals surface area contributed by atoms with Crippen LogP contribution in [0.4, 0.5) is 0 Å². The third kappa shape index (κ3) is 4.58. The molecule has 4 nitrogen and oxygen atoms in total. The molecule has 2 bridgehead atoms. The molecule has 0 aromatic carbocycles. The molecule has 1 unspecified atom stereocenters. The molecule has 4 heteroatoms. The van der Waals surface area contributed by atoms with Crippen molar-refractivity contribution in [1.82, 2.24) is 9.47 Å². The number of fused-ring (bicyclic) bond motifs is 1. The van der Waals surface area contributed by atoms with Crippen molar-refractivity contribution >= 4 is 5.71 Å². The van der Waals surface area contributed by atoms with Crippen molar-refractivity contribution < 1.29 is 4.74 Å². The van der Waals surface area contributed by atoms with Crippen molar-refractivity contribution in [2.24, 2.45) is 12.0 Å². The molecule has 0 fully saturated rings. The Bertz CT molecular complexity index is 957. The molecule has 0 radical (unpaired) electrons. The van der Waals surface area contributed by atoms with E-state index in [1.165, 1.54) is 69.1 Å². The maximum Gasteiger partial charge on any atom is 0.146 e. The topological polar surface area (TPSA) is 29.8 Å². The number of nitrogens with zero attached hydrogens (tertiary/aromatic N) is 3. The summed E-state index contributed by atoms with van der Waals surface area (Å²) >= 11 is 0. The lowest BCUT2D eigenvalue weighted by molar-refractivity contribution is 0.301. The Balaban J connectivity index is 1.73. The first-order valence-electron chi connectivity index (χ1n) is 12.0. The zero-order valence-corrected chi connectivity index (χ0v) is 19.7. The first-order valence-corrected chi connectivity index (χ1v) is 12.0. The predicted octanol–water partition coefficient (Wildman–Crippen LogP) is 6.28. The van der Waals surface area contributed by atoms with Crippen molar-refractivity contribution in [1.29, 1.82) is 0 Å². The van der Waals surface area contributed by atoms with E-state index >= 15 is 0 Å². The van der Waals surface area contributed by atoms with Gasteiger partial charge in [0, 0.05) is 32.1 Å². The van der Waals surface area contributed by atoms with Crippen LogP contribution in [0.25, 0.3) is 0 Å². The van der Waals surface area contributed by atoms with E-state index in [0.717, 1.165) is 22.9 Å². The van der Waals surface area contributed by atoms with Gasteiger partial charge < -0.3 is 14.2 Å². The number of unbranched alkanes of at least 4 members (excludes halogenated alkanes) is 1. The normalized spacial score (nSPS) is 25.5. The van der Waals surface area contributed by atoms with Crippen molar-refractivity contribution in [3.63, 3.8) is 0 Å². The van der Waals surface area contributed by atoms with Gasteiger partial charge in [-0.2, -0.15) is 0 Å². The summed E-state index contributed by atoms with van der Waals surface area (Å²) in [6.45, 7) is 2.29. The van der Waals surface area contributed by atoms with E-state index in [4.69, 9.17) is 9.73 Å². The molecule has 3 aliphatic rings. The lowest BCUT2D eigenvalue weighted by Gasteiger charge is -2.25. The smallest absolute Gasteiger partial charge is 0.146 e. The standard InChI is InChI=1S/C27H37N3O/c1-5-6-12-20-13-9-7-8-10-14-21-17-22(20)26(30(21)3)18-24-27(31-4)19-23(28-24)25-15-11-16-29(25)2/h11,15-19,26H,5-10,12-14H2,1-4H3/b22-20-,24-18+. The van der Waals surface area contributed by atoms with Crippen LogP contribution >= 0.6 is 0 Å². The summed E-state index contributed by atoms with van der Waals surface area (Å²) in [6, 6.07) is 4.41. The Kier molecular flexibility index (Phi) is 6.84. The number of likely N-dealkylation sites (N-methyl/N-ethyl adjacent to an activating group) is 1. The molecule has 0 amide bonds. The molecule has 0 saturated heterocycles. The lowest BCUT2D eigenvalue weighted by atomic mass is 9.92. The van der Waals surface area contributed by atoms with E-state index in [1.54, 1.807) is 12.7 Å². The molecule has 1 aliphatic carbocycles. The summed E-state index contributed by atoms with van der Waals surface area (Å²) in [5, 5.41) is 0. The first-order chi connectivity index (χ1) is 15.1. The van der Waals surface area contributed by atoms with Crippen LogP contribution in [-0.2, 0) is 11.8 Å². The van der Waals surface area contributed by atoms with E-state index in [-0.39, 0.29) is 6.04 Å². The summed E-state index contributed by atoms with van der Waals surface area (Å²) in [5.74, 6) is 0.858. The molecule has 0 spiro atoms. The van der Waals surface area contributed by atoms with Gasteiger partial charge in [-0.25, -0.2) is 4.99 Å². The fourth-order valence-electron chi connectivity index (χ4n) is 5.02. The highest BCUT2D eigenvalue weighted by molar-refractivity contribution is 6.10. The molecule has 0 saturated carbocycles. The average molecular weight is 420 g/mol. The quantitative estimate of drug-likeness (QED) is 0.543. The minimum atomic E-state index is 0.241. The fraction of sp³-hybridized carbons (Fsp3) is 0.519. The third-order valence-electron chi connectivity index (χ3n) is 6.92. The molecule has 166 valence electrons. The van der Waals surface area contributed by atoms with Crippen LogP contribution < -0.4 is 0 Å². The number of aliphatic imine (C=N–C) groups is 1. The number of ether oxygens (including phenoxy) is 1. The minimum absolute atomic E-state index is 0.241. The number of aromatic nitrogens is 1. The maximum atomic E-state index is 5.75. The molecular weight excluding hydrogens is 382 g/mol. The molecule has 2 aliphatic heterocycles. The van der Waals surface area contributed by atoms with Gasteiger partial charge in [-0.05, 0) is 68.4 Å². The summed E-state index contributed by atoms with van der Waals surface area (Å²) in [4.78, 5) is 7.47. The van der Waals surface area contributed by atoms with Gasteiger partial charge in [-0.1, -0.05) is 31.8 Å². The minimum Gasteiger partial charge on any atom is -0.494 e. The highest BCUT2D eigenvalue weighted by Gasteiger charge is 2.30. The number of hydrogen-bond donors (Lipinski definition) is 0. The Morgan fingerprint density at radius 1 is 1.13 bits per heavy atom. The van der Waals surface area contributed by atoms with Gasteiger partial charge in [0.2, 0.25) is 0 Å². The van der Waals surface area contributed by atoms with Crippen molar-refractivity contribution in [2.75, 3.05) is 14.2 Å². The maximum absolute atomic E-state index is 5.75. The van der Waals surface area contributed by atoms with Crippen LogP contribution in [-0.4, -0.2) is 35.4 Å². The van der Waals surface area contributed by atoms with Gasteiger partial charge in [0.25, 0.3) is 0 Å². The van der Waals surface area contributed by atoms with Crippen molar-refractivity contribution in [3.8, 4) is 0 Å². The van der Waals surface area contributed by atoms with Crippen LogP contribution in [0.5, 0.6) is 0 Å². The molecule has 0 N–H and O–H groups in total. The number of aryl methyl sites for hydroxylation is 1. The van der Waals surface area contributed by atoms with E-state index in [0.29, 0.717) is 0 Å². The second-order valence-corrected chi connectivity index (χ2v) is 9.03. The number of rotatable bonds is 6. The zero-order valence-electron chi connectivity index (χ0n) is 19.7. The van der Waals surface area contributed by atoms with Gasteiger partial charge in [-0.15, -0.1) is 0 Å². The molecule has 1 aromatic rings. The number of hydrogen-bond acceptors (Lipinski definition) is 3. The molecule has 31 heavy (non-hydrogen) atoms. The van der Waals surface area contributed by atoms with E-state index in [2.05, 4.69) is 67.0 Å². The Hall–Kier alpha value is -2.49. The van der Waals surface area contributed by atoms with Crippen LogP contribution in [0.2, 0.25) is 0 Å². The lowest BCUT2D eigenvalue weighted by Crippen LogP contribution is -2.26. The summed E-state index contributed by atoms with van der Waals surface area (Å²) in [5.41, 5.74) is 7.67. The predicted molar refractivity (Wildman–Crippen MR) is 129 cm³/mol. The van der Waals surface area contributed by atoms with E-state index < -0.39 is 0 Å². The second kappa shape index (κ2) is 9.76. The molecule has 1 aromatic heterocycles. The Morgan fingerprint density at radius 3 is 2.65 bits per heavy atom. The van der Waals surface area contributed by atoms with Crippen LogP contribution in [0.15, 0.2) is 69.8 Å². The van der Waals surface area contributed by atoms with Crippen molar-refractivity contribution in [2.45, 2.75) is 70.8 Å². The molecule has 3 heterocycles. The molecule has 4 rings (SSSR count). The number of methoxy groups -OCH3 is 1. The zero-order chi connectivity index (χ0) is 21.8. The molecular formula is C27H37N3O. The first kappa shape index (κ1) is 21.7. The van der Waals surface area contributed by atoms with Gasteiger partial charge >= 0.3 is 0 Å². The Morgan fingerprint density at radius 2 is 1.94 bits per heavy atom. The summed E-state index contributed by atoms with van der Waals surface area (Å²) < 4.78 is 7.86. The van der Waals surface area contributed by atoms with Gasteiger partial charge in [0.1, 0.15) is 11.5 Å². The van der Waals surface area contributed by atoms with Gasteiger partial charge in [0.05, 0.1) is 24.6 Å². The van der Waals surface area contributed by atoms with Crippen LogP contribution in [0, 0.1) is 0 Å². The highest BCUT2D eigenvalue weighted by Crippen LogP contribution is 2.37. The van der Waals surface area contributed by atoms with E-state index in [9.17, 15) is 0 Å². The number of allylic oxidation sites excluding steroid dienone is 3. The van der Waals surface area contributed by atoms with Gasteiger partial charge in [-0.3, -0.25) is 0 Å². The SMILES string of the molecule is CCCC/C1=C2\C=C(CCCCCC1)N(C)C2/C=C1/N=C(c2cccn2C)C=C1OC. The summed E-state index contributed by atoms with van der Waals surface area (Å²) in [6.07, 6.45) is 20.4. The largest absolute Gasteiger partial charge is 0.494 e. The second-order valence-electron chi connectivity index (χ2n) is 9.03. The summed E-state index contributed by atoms with van der Waals surface area (Å²) in [7, 11) is 6.06. The highest BCUT2D eigenvalue weighted by atomic mass is 16.5.